The second-order valence-electron chi connectivity index (χ2n) is 23.2. The van der Waals surface area contributed by atoms with Gasteiger partial charge in [0.05, 0.1) is 7.11 Å². The smallest absolute Gasteiger partial charge is 0.437 e. The van der Waals surface area contributed by atoms with Crippen molar-refractivity contribution in [3.63, 3.8) is 0 Å². The number of methoxy groups -OCH3 is 1. The number of nitrogens with zero attached hydrogens (tertiary/aromatic N) is 4. The summed E-state index contributed by atoms with van der Waals surface area (Å²) in [6.07, 6.45) is 14.3. The number of halogens is 3. The molecule has 4 fully saturated rings. The molecule has 2 heterocycles. The standard InChI is InChI=1S/C64H63F3N4O2S/c1-40-26-57-54(41(2)31-61(5,6)71(57)52-22-24-53(72-7)25-23-52)30-47(40)16-17-49-36-60(3,4)35-48(59(49)74-62-32-42-27-43(33-62)29-44(28-42)34-62)14-11-15-56-55(39-70)58(50(37-68)38-69)73-63(56,64(65,66)67)51-20-18-46(19-21-51)45-12-9-8-10-13-45/h8-26,30,41-44H,27-29,31-36H2,1-7H3/b15-11+,17-16+,48-14+. The summed E-state index contributed by atoms with van der Waals surface area (Å²) in [4.78, 5) is 3.66. The van der Waals surface area contributed by atoms with Crippen LogP contribution in [-0.4, -0.2) is 23.6 Å². The maximum atomic E-state index is 16.1. The quantitative estimate of drug-likeness (QED) is 0.146. The van der Waals surface area contributed by atoms with E-state index in [1.54, 1.807) is 37.5 Å². The molecule has 0 amide bonds. The molecule has 0 saturated heterocycles. The Morgan fingerprint density at radius 1 is 0.797 bits per heavy atom. The molecule has 74 heavy (non-hydrogen) atoms. The minimum absolute atomic E-state index is 0.0835. The fraction of sp³-hybridized carbons (Fsp3) is 0.391. The summed E-state index contributed by atoms with van der Waals surface area (Å²) in [6, 6.07) is 33.5. The third-order valence-corrected chi connectivity index (χ3v) is 18.3. The van der Waals surface area contributed by atoms with Gasteiger partial charge in [-0.15, -0.1) is 11.8 Å². The van der Waals surface area contributed by atoms with Crippen LogP contribution >= 0.6 is 11.8 Å². The average molecular weight is 1010 g/mol. The number of aryl methyl sites for hydroxylation is 1. The Bertz CT molecular complexity index is 3160. The molecule has 0 aromatic heterocycles. The SMILES string of the molecule is COc1ccc(N2c3cc(C)c(/C=C/C4=C(SC56CC7CC(CC(C7)C5)C6)C(=C/C=C/C5=C(C#N)C(=C(C#N)C#N)OC5(c5ccc(-c6ccccc6)cc5)C(F)(F)F)/CC(C)(C)C4)cc3C(C)CC2(C)C)cc1. The highest BCUT2D eigenvalue weighted by Crippen LogP contribution is 2.64. The number of fused-ring (bicyclic) bond motifs is 1. The van der Waals surface area contributed by atoms with E-state index < -0.39 is 34.3 Å². The maximum Gasteiger partial charge on any atom is 0.437 e. The number of nitriles is 3. The van der Waals surface area contributed by atoms with Gasteiger partial charge >= 0.3 is 6.18 Å². The number of thioether (sulfide) groups is 1. The first-order valence-electron chi connectivity index (χ1n) is 26.0. The fourth-order valence-electron chi connectivity index (χ4n) is 14.0. The van der Waals surface area contributed by atoms with Gasteiger partial charge in [0.25, 0.3) is 5.60 Å². The number of rotatable bonds is 10. The van der Waals surface area contributed by atoms with Gasteiger partial charge in [-0.05, 0) is 183 Å². The molecule has 7 aliphatic rings. The van der Waals surface area contributed by atoms with Gasteiger partial charge < -0.3 is 14.4 Å². The number of hydrogen-bond donors (Lipinski definition) is 0. The molecule has 0 radical (unpaired) electrons. The molecule has 5 aliphatic carbocycles. The molecule has 0 N–H and O–H groups in total. The lowest BCUT2D eigenvalue weighted by Gasteiger charge is -2.57. The summed E-state index contributed by atoms with van der Waals surface area (Å²) in [5, 5.41) is 30.6. The number of allylic oxidation sites excluding steroid dienone is 7. The van der Waals surface area contributed by atoms with Gasteiger partial charge in [0.15, 0.2) is 11.3 Å². The summed E-state index contributed by atoms with van der Waals surface area (Å²) in [7, 11) is 1.69. The molecule has 6 nitrogen and oxygen atoms in total. The summed E-state index contributed by atoms with van der Waals surface area (Å²) in [5.74, 6) is 2.61. The molecule has 10 heteroatoms. The van der Waals surface area contributed by atoms with Gasteiger partial charge in [-0.1, -0.05) is 106 Å². The van der Waals surface area contributed by atoms with Gasteiger partial charge in [0.1, 0.15) is 29.5 Å². The Labute approximate surface area is 439 Å². The first kappa shape index (κ1) is 50.8. The zero-order valence-electron chi connectivity index (χ0n) is 43.4. The van der Waals surface area contributed by atoms with Crippen molar-refractivity contribution in [3.05, 3.63) is 176 Å². The molecule has 0 spiro atoms. The predicted molar refractivity (Wildman–Crippen MR) is 290 cm³/mol. The van der Waals surface area contributed by atoms with Gasteiger partial charge in [0.2, 0.25) is 0 Å². The van der Waals surface area contributed by atoms with Crippen molar-refractivity contribution in [2.45, 2.75) is 127 Å². The highest BCUT2D eigenvalue weighted by molar-refractivity contribution is 8.04. The lowest BCUT2D eigenvalue weighted by Crippen LogP contribution is -2.48. The molecule has 2 atom stereocenters. The van der Waals surface area contributed by atoms with Gasteiger partial charge in [0, 0.05) is 37.7 Å². The minimum atomic E-state index is -5.12. The number of ether oxygens (including phenoxy) is 2. The van der Waals surface area contributed by atoms with E-state index >= 15 is 13.2 Å². The Morgan fingerprint density at radius 3 is 2.03 bits per heavy atom. The van der Waals surface area contributed by atoms with Crippen molar-refractivity contribution < 1.29 is 22.6 Å². The van der Waals surface area contributed by atoms with Crippen LogP contribution in [0.4, 0.5) is 24.5 Å². The molecule has 2 aliphatic heterocycles. The molecule has 4 aromatic rings. The Kier molecular flexibility index (Phi) is 13.2. The van der Waals surface area contributed by atoms with Crippen LogP contribution in [-0.2, 0) is 10.3 Å². The minimum Gasteiger partial charge on any atom is -0.497 e. The van der Waals surface area contributed by atoms with E-state index in [1.807, 2.05) is 66.4 Å². The highest BCUT2D eigenvalue weighted by atomic mass is 32.2. The van der Waals surface area contributed by atoms with Crippen LogP contribution in [0.15, 0.2) is 154 Å². The topological polar surface area (TPSA) is 93.1 Å². The summed E-state index contributed by atoms with van der Waals surface area (Å²) >= 11 is 2.02. The first-order valence-corrected chi connectivity index (χ1v) is 26.8. The molecule has 4 aromatic carbocycles. The summed E-state index contributed by atoms with van der Waals surface area (Å²) in [6.45, 7) is 13.6. The highest BCUT2D eigenvalue weighted by Gasteiger charge is 2.65. The van der Waals surface area contributed by atoms with E-state index in [-0.39, 0.29) is 21.3 Å². The molecule has 2 unspecified atom stereocenters. The van der Waals surface area contributed by atoms with E-state index in [0.717, 1.165) is 41.0 Å². The van der Waals surface area contributed by atoms with E-state index in [0.29, 0.717) is 35.7 Å². The zero-order valence-corrected chi connectivity index (χ0v) is 44.2. The van der Waals surface area contributed by atoms with E-state index in [2.05, 4.69) is 82.9 Å². The number of hydrogen-bond acceptors (Lipinski definition) is 7. The molecule has 4 bridgehead atoms. The third kappa shape index (κ3) is 9.21. The van der Waals surface area contributed by atoms with Crippen LogP contribution in [0.5, 0.6) is 5.75 Å². The van der Waals surface area contributed by atoms with Gasteiger partial charge in [-0.25, -0.2) is 0 Å². The lowest BCUT2D eigenvalue weighted by atomic mass is 9.56. The fourth-order valence-corrected chi connectivity index (χ4v) is 15.9. The van der Waals surface area contributed by atoms with E-state index in [1.165, 1.54) is 84.0 Å². The van der Waals surface area contributed by atoms with Crippen molar-refractivity contribution in [3.8, 4) is 35.1 Å². The second kappa shape index (κ2) is 19.2. The van der Waals surface area contributed by atoms with Crippen molar-refractivity contribution in [2.75, 3.05) is 12.0 Å². The van der Waals surface area contributed by atoms with E-state index in [4.69, 9.17) is 9.47 Å². The zero-order chi connectivity index (χ0) is 52.4. The largest absolute Gasteiger partial charge is 0.497 e. The lowest BCUT2D eigenvalue weighted by molar-refractivity contribution is -0.249. The van der Waals surface area contributed by atoms with Gasteiger partial charge in [-0.3, -0.25) is 0 Å². The van der Waals surface area contributed by atoms with Crippen molar-refractivity contribution in [1.29, 1.82) is 15.8 Å². The van der Waals surface area contributed by atoms with Crippen LogP contribution < -0.4 is 9.64 Å². The van der Waals surface area contributed by atoms with Crippen LogP contribution in [0.2, 0.25) is 0 Å². The van der Waals surface area contributed by atoms with Crippen LogP contribution in [0.1, 0.15) is 121 Å². The predicted octanol–water partition coefficient (Wildman–Crippen LogP) is 17.0. The molecule has 378 valence electrons. The summed E-state index contributed by atoms with van der Waals surface area (Å²) in [5.41, 5.74) is 4.26. The monoisotopic (exact) mass is 1010 g/mol. The number of alkyl halides is 3. The molecular weight excluding hydrogens is 946 g/mol. The number of benzene rings is 4. The average Bonchev–Trinajstić information content (AvgIpc) is 3.71. The summed E-state index contributed by atoms with van der Waals surface area (Å²) < 4.78 is 59.8. The maximum absolute atomic E-state index is 16.1. The van der Waals surface area contributed by atoms with Gasteiger partial charge in [-0.2, -0.15) is 29.0 Å². The van der Waals surface area contributed by atoms with E-state index in [9.17, 15) is 15.8 Å². The Balaban J connectivity index is 1.09. The second-order valence-corrected chi connectivity index (χ2v) is 24.7. The van der Waals surface area contributed by atoms with Crippen LogP contribution in [0.25, 0.3) is 17.2 Å². The molecule has 4 saturated carbocycles. The van der Waals surface area contributed by atoms with Crippen molar-refractivity contribution in [2.24, 2.45) is 23.2 Å². The van der Waals surface area contributed by atoms with Crippen LogP contribution in [0.3, 0.4) is 0 Å². The normalized spacial score (nSPS) is 27.3. The molecule has 11 rings (SSSR count). The van der Waals surface area contributed by atoms with Crippen molar-refractivity contribution in [1.82, 2.24) is 0 Å². The number of anilines is 2. The Morgan fingerprint density at radius 2 is 1.43 bits per heavy atom. The van der Waals surface area contributed by atoms with Crippen molar-refractivity contribution >= 4 is 29.2 Å². The molecular formula is C64H63F3N4O2S. The Hall–Kier alpha value is -6.67. The third-order valence-electron chi connectivity index (χ3n) is 16.7. The first-order chi connectivity index (χ1) is 35.3. The van der Waals surface area contributed by atoms with Crippen LogP contribution in [0, 0.1) is 64.1 Å².